The summed E-state index contributed by atoms with van der Waals surface area (Å²) in [6.07, 6.45) is 1.49. The predicted octanol–water partition coefficient (Wildman–Crippen LogP) is 3.56. The molecule has 0 heterocycles. The molecule has 0 saturated carbocycles. The number of carbonyl (C=O) groups excluding carboxylic acids is 1. The highest BCUT2D eigenvalue weighted by Crippen LogP contribution is 2.25. The summed E-state index contributed by atoms with van der Waals surface area (Å²) in [5.41, 5.74) is 3.45. The minimum Gasteiger partial charge on any atom is -0.494 e. The predicted molar refractivity (Wildman–Crippen MR) is 117 cm³/mol. The maximum absolute atomic E-state index is 12.9. The highest BCUT2D eigenvalue weighted by Gasteiger charge is 2.31. The van der Waals surface area contributed by atoms with Gasteiger partial charge in [0.05, 0.1) is 18.6 Å². The molecule has 6 nitrogen and oxygen atoms in total. The second-order valence-corrected chi connectivity index (χ2v) is 8.91. The van der Waals surface area contributed by atoms with E-state index in [1.807, 2.05) is 51.1 Å². The van der Waals surface area contributed by atoms with Crippen LogP contribution >= 0.6 is 0 Å². The second-order valence-electron chi connectivity index (χ2n) is 7.05. The van der Waals surface area contributed by atoms with Crippen LogP contribution < -0.4 is 14.4 Å². The maximum atomic E-state index is 12.9. The zero-order chi connectivity index (χ0) is 21.6. The molecule has 29 heavy (non-hydrogen) atoms. The van der Waals surface area contributed by atoms with Crippen LogP contribution in [0.3, 0.4) is 0 Å². The van der Waals surface area contributed by atoms with E-state index in [0.29, 0.717) is 25.3 Å². The Morgan fingerprint density at radius 1 is 1.07 bits per heavy atom. The summed E-state index contributed by atoms with van der Waals surface area (Å²) in [5, 5.41) is 2.86. The highest BCUT2D eigenvalue weighted by molar-refractivity contribution is 7.92. The number of hydrogen-bond donors (Lipinski definition) is 1. The Bertz CT molecular complexity index is 940. The first-order valence-electron chi connectivity index (χ1n) is 9.73. The van der Waals surface area contributed by atoms with Crippen LogP contribution in [-0.4, -0.2) is 33.2 Å². The number of rotatable bonds is 9. The smallest absolute Gasteiger partial charge is 0.244 e. The van der Waals surface area contributed by atoms with Crippen molar-refractivity contribution in [3.63, 3.8) is 0 Å². The Morgan fingerprint density at radius 3 is 2.24 bits per heavy atom. The summed E-state index contributed by atoms with van der Waals surface area (Å²) >= 11 is 0. The standard InChI is InChI=1S/C22H30N2O4S/c1-6-21(22(25)23-15-18-9-12-20(13-10-18)28-7-2)24(29(5,26)27)19-11-8-16(3)17(4)14-19/h8-14,21H,6-7,15H2,1-5H3,(H,23,25)/t21-/m0/s1. The fourth-order valence-electron chi connectivity index (χ4n) is 3.10. The number of anilines is 1. The van der Waals surface area contributed by atoms with Gasteiger partial charge >= 0.3 is 0 Å². The first kappa shape index (κ1) is 22.7. The minimum absolute atomic E-state index is 0.312. The fraction of sp³-hybridized carbons (Fsp3) is 0.409. The lowest BCUT2D eigenvalue weighted by Gasteiger charge is -2.30. The molecule has 2 aromatic carbocycles. The van der Waals surface area contributed by atoms with E-state index in [-0.39, 0.29) is 5.91 Å². The number of amides is 1. The molecule has 0 radical (unpaired) electrons. The lowest BCUT2D eigenvalue weighted by molar-refractivity contribution is -0.122. The molecule has 0 saturated heterocycles. The zero-order valence-corrected chi connectivity index (χ0v) is 18.5. The van der Waals surface area contributed by atoms with Crippen LogP contribution in [-0.2, 0) is 21.4 Å². The molecule has 0 aliphatic rings. The van der Waals surface area contributed by atoms with Gasteiger partial charge in [-0.15, -0.1) is 0 Å². The number of nitrogens with one attached hydrogen (secondary N) is 1. The second kappa shape index (κ2) is 9.78. The van der Waals surface area contributed by atoms with Crippen molar-refractivity contribution in [1.29, 1.82) is 0 Å². The third-order valence-electron chi connectivity index (χ3n) is 4.78. The Morgan fingerprint density at radius 2 is 1.72 bits per heavy atom. The molecule has 1 N–H and O–H groups in total. The van der Waals surface area contributed by atoms with Gasteiger partial charge in [-0.2, -0.15) is 0 Å². The SMILES string of the molecule is CCOc1ccc(CNC(=O)[C@H](CC)N(c2ccc(C)c(C)c2)S(C)(=O)=O)cc1. The van der Waals surface area contributed by atoms with Gasteiger partial charge in [-0.05, 0) is 68.1 Å². The molecule has 0 aliphatic carbocycles. The summed E-state index contributed by atoms with van der Waals surface area (Å²) in [5.74, 6) is 0.442. The third-order valence-corrected chi connectivity index (χ3v) is 5.96. The maximum Gasteiger partial charge on any atom is 0.244 e. The topological polar surface area (TPSA) is 75.7 Å². The van der Waals surface area contributed by atoms with Crippen molar-refractivity contribution in [3.05, 3.63) is 59.2 Å². The fourth-order valence-corrected chi connectivity index (χ4v) is 4.30. The molecule has 0 fully saturated rings. The average molecular weight is 419 g/mol. The molecule has 2 aromatic rings. The Labute approximate surface area is 173 Å². The van der Waals surface area contributed by atoms with Crippen LogP contribution in [0.4, 0.5) is 5.69 Å². The van der Waals surface area contributed by atoms with Crippen molar-refractivity contribution in [2.45, 2.75) is 46.7 Å². The van der Waals surface area contributed by atoms with E-state index in [1.165, 1.54) is 4.31 Å². The summed E-state index contributed by atoms with van der Waals surface area (Å²) in [7, 11) is -3.64. The van der Waals surface area contributed by atoms with Gasteiger partial charge < -0.3 is 10.1 Å². The van der Waals surface area contributed by atoms with Gasteiger partial charge in [-0.25, -0.2) is 8.42 Å². The summed E-state index contributed by atoms with van der Waals surface area (Å²) in [4.78, 5) is 12.9. The van der Waals surface area contributed by atoms with E-state index in [4.69, 9.17) is 4.74 Å². The zero-order valence-electron chi connectivity index (χ0n) is 17.7. The molecule has 158 valence electrons. The Kier molecular flexibility index (Phi) is 7.67. The van der Waals surface area contributed by atoms with Crippen LogP contribution in [0.15, 0.2) is 42.5 Å². The Hall–Kier alpha value is -2.54. The monoisotopic (exact) mass is 418 g/mol. The summed E-state index contributed by atoms with van der Waals surface area (Å²) in [6.45, 7) is 8.51. The molecule has 0 bridgehead atoms. The lowest BCUT2D eigenvalue weighted by Crippen LogP contribution is -2.49. The normalized spacial score (nSPS) is 12.3. The first-order chi connectivity index (χ1) is 13.7. The van der Waals surface area contributed by atoms with Crippen LogP contribution in [0.1, 0.15) is 37.0 Å². The summed E-state index contributed by atoms with van der Waals surface area (Å²) in [6, 6.07) is 12.0. The molecule has 7 heteroatoms. The Balaban J connectivity index is 2.20. The van der Waals surface area contributed by atoms with Gasteiger partial charge in [0.25, 0.3) is 0 Å². The molecule has 1 atom stereocenters. The lowest BCUT2D eigenvalue weighted by atomic mass is 10.1. The van der Waals surface area contributed by atoms with Crippen LogP contribution in [0.25, 0.3) is 0 Å². The van der Waals surface area contributed by atoms with E-state index in [2.05, 4.69) is 5.32 Å². The number of benzene rings is 2. The molecule has 0 unspecified atom stereocenters. The minimum atomic E-state index is -3.64. The number of aryl methyl sites for hydroxylation is 2. The van der Waals surface area contributed by atoms with Crippen LogP contribution in [0, 0.1) is 13.8 Å². The van der Waals surface area contributed by atoms with Gasteiger partial charge in [0.2, 0.25) is 15.9 Å². The number of nitrogens with zero attached hydrogens (tertiary/aromatic N) is 1. The molecule has 0 spiro atoms. The molecule has 0 aromatic heterocycles. The van der Waals surface area contributed by atoms with Gasteiger partial charge in [-0.1, -0.05) is 25.1 Å². The number of carbonyl (C=O) groups is 1. The van der Waals surface area contributed by atoms with Crippen molar-refractivity contribution in [2.75, 3.05) is 17.2 Å². The van der Waals surface area contributed by atoms with E-state index >= 15 is 0 Å². The van der Waals surface area contributed by atoms with Crippen LogP contribution in [0.2, 0.25) is 0 Å². The number of hydrogen-bond acceptors (Lipinski definition) is 4. The van der Waals surface area contributed by atoms with Gasteiger partial charge in [0.1, 0.15) is 11.8 Å². The van der Waals surface area contributed by atoms with E-state index in [1.54, 1.807) is 19.1 Å². The quantitative estimate of drug-likeness (QED) is 0.676. The van der Waals surface area contributed by atoms with Gasteiger partial charge in [-0.3, -0.25) is 9.10 Å². The largest absolute Gasteiger partial charge is 0.494 e. The van der Waals surface area contributed by atoms with Crippen molar-refractivity contribution < 1.29 is 17.9 Å². The number of sulfonamides is 1. The molecular weight excluding hydrogens is 388 g/mol. The molecule has 0 aliphatic heterocycles. The molecule has 1 amide bonds. The van der Waals surface area contributed by atoms with Gasteiger partial charge in [0.15, 0.2) is 0 Å². The average Bonchev–Trinajstić information content (AvgIpc) is 2.67. The van der Waals surface area contributed by atoms with Crippen molar-refractivity contribution in [3.8, 4) is 5.75 Å². The van der Waals surface area contributed by atoms with E-state index < -0.39 is 16.1 Å². The highest BCUT2D eigenvalue weighted by atomic mass is 32.2. The van der Waals surface area contributed by atoms with Gasteiger partial charge in [0, 0.05) is 6.54 Å². The molecular formula is C22H30N2O4S. The first-order valence-corrected chi connectivity index (χ1v) is 11.6. The van der Waals surface area contributed by atoms with Crippen molar-refractivity contribution >= 4 is 21.6 Å². The van der Waals surface area contributed by atoms with E-state index in [9.17, 15) is 13.2 Å². The van der Waals surface area contributed by atoms with Crippen LogP contribution in [0.5, 0.6) is 5.75 Å². The van der Waals surface area contributed by atoms with Crippen molar-refractivity contribution in [1.82, 2.24) is 5.32 Å². The van der Waals surface area contributed by atoms with Crippen molar-refractivity contribution in [2.24, 2.45) is 0 Å². The van der Waals surface area contributed by atoms with E-state index in [0.717, 1.165) is 28.7 Å². The third kappa shape index (κ3) is 5.97. The summed E-state index contributed by atoms with van der Waals surface area (Å²) < 4.78 is 31.7. The number of ether oxygens (including phenoxy) is 1. The molecule has 2 rings (SSSR count).